The molecule has 0 aliphatic heterocycles. The van der Waals surface area contributed by atoms with Crippen molar-refractivity contribution in [1.29, 1.82) is 0 Å². The lowest BCUT2D eigenvalue weighted by atomic mass is 9.80. The highest BCUT2D eigenvalue weighted by atomic mass is 16.5. The third-order valence-electron chi connectivity index (χ3n) is 5.56. The summed E-state index contributed by atoms with van der Waals surface area (Å²) in [5.41, 5.74) is 5.27. The summed E-state index contributed by atoms with van der Waals surface area (Å²) in [5.74, 6) is 0. The van der Waals surface area contributed by atoms with Crippen molar-refractivity contribution in [3.05, 3.63) is 143 Å². The molecule has 4 aromatic rings. The third-order valence-corrected chi connectivity index (χ3v) is 5.56. The van der Waals surface area contributed by atoms with E-state index in [1.54, 1.807) is 0 Å². The van der Waals surface area contributed by atoms with E-state index in [0.717, 1.165) is 29.5 Å². The number of aryl methyl sites for hydroxylation is 1. The fourth-order valence-corrected chi connectivity index (χ4v) is 4.05. The van der Waals surface area contributed by atoms with Crippen molar-refractivity contribution in [3.8, 4) is 0 Å². The molecule has 0 saturated heterocycles. The van der Waals surface area contributed by atoms with E-state index in [0.29, 0.717) is 6.61 Å². The molecule has 0 spiro atoms. The minimum atomic E-state index is -0.675. The van der Waals surface area contributed by atoms with Crippen molar-refractivity contribution in [1.82, 2.24) is 0 Å². The topological polar surface area (TPSA) is 9.23 Å². The summed E-state index contributed by atoms with van der Waals surface area (Å²) in [4.78, 5) is 0. The van der Waals surface area contributed by atoms with Crippen LogP contribution in [0.25, 0.3) is 0 Å². The van der Waals surface area contributed by atoms with E-state index in [1.165, 1.54) is 11.1 Å². The van der Waals surface area contributed by atoms with Gasteiger partial charge in [-0.1, -0.05) is 129 Å². The Balaban J connectivity index is 1.78. The van der Waals surface area contributed by atoms with Crippen LogP contribution in [0.5, 0.6) is 0 Å². The zero-order chi connectivity index (χ0) is 20.7. The second-order valence-corrected chi connectivity index (χ2v) is 7.63. The molecule has 150 valence electrons. The van der Waals surface area contributed by atoms with E-state index in [4.69, 9.17) is 4.74 Å². The van der Waals surface area contributed by atoms with Crippen LogP contribution in [-0.2, 0) is 23.4 Å². The largest absolute Gasteiger partial charge is 0.356 e. The normalized spacial score (nSPS) is 11.4. The van der Waals surface area contributed by atoms with Crippen LogP contribution in [-0.4, -0.2) is 0 Å². The average Bonchev–Trinajstić information content (AvgIpc) is 2.83. The van der Waals surface area contributed by atoms with Crippen molar-refractivity contribution < 1.29 is 4.74 Å². The van der Waals surface area contributed by atoms with Crippen LogP contribution < -0.4 is 0 Å². The quantitative estimate of drug-likeness (QED) is 0.289. The van der Waals surface area contributed by atoms with Gasteiger partial charge < -0.3 is 4.74 Å². The molecule has 0 aliphatic carbocycles. The van der Waals surface area contributed by atoms with Gasteiger partial charge in [-0.15, -0.1) is 0 Å². The number of hydrogen-bond acceptors (Lipinski definition) is 1. The third kappa shape index (κ3) is 4.22. The Bertz CT molecular complexity index is 925. The molecule has 4 rings (SSSR count). The van der Waals surface area contributed by atoms with Crippen LogP contribution in [0.1, 0.15) is 41.2 Å². The molecule has 0 heterocycles. The van der Waals surface area contributed by atoms with Crippen molar-refractivity contribution in [2.24, 2.45) is 0 Å². The van der Waals surface area contributed by atoms with Crippen LogP contribution in [0.4, 0.5) is 0 Å². The van der Waals surface area contributed by atoms with E-state index in [-0.39, 0.29) is 0 Å². The van der Waals surface area contributed by atoms with Crippen LogP contribution in [0, 0.1) is 0 Å². The van der Waals surface area contributed by atoms with E-state index in [9.17, 15) is 0 Å². The Morgan fingerprint density at radius 3 is 1.33 bits per heavy atom. The van der Waals surface area contributed by atoms with E-state index < -0.39 is 5.60 Å². The monoisotopic (exact) mass is 392 g/mol. The Kier molecular flexibility index (Phi) is 6.41. The predicted molar refractivity (Wildman–Crippen MR) is 124 cm³/mol. The summed E-state index contributed by atoms with van der Waals surface area (Å²) in [6.07, 6.45) is 2.28. The lowest BCUT2D eigenvalue weighted by Gasteiger charge is -2.36. The highest BCUT2D eigenvalue weighted by Gasteiger charge is 2.37. The second kappa shape index (κ2) is 9.56. The molecule has 0 fully saturated rings. The summed E-state index contributed by atoms with van der Waals surface area (Å²) in [6.45, 7) is 2.75. The van der Waals surface area contributed by atoms with Crippen molar-refractivity contribution >= 4 is 0 Å². The average molecular weight is 393 g/mol. The summed E-state index contributed by atoms with van der Waals surface area (Å²) in [7, 11) is 0. The Hall–Kier alpha value is -3.16. The minimum Gasteiger partial charge on any atom is -0.356 e. The number of rotatable bonds is 8. The summed E-state index contributed by atoms with van der Waals surface area (Å²) in [5, 5.41) is 0. The maximum atomic E-state index is 6.87. The van der Waals surface area contributed by atoms with Crippen molar-refractivity contribution in [2.45, 2.75) is 32.0 Å². The Morgan fingerprint density at radius 1 is 0.533 bits per heavy atom. The SMILES string of the molecule is CCCc1ccc(COC(c2ccccc2)(c2ccccc2)c2ccccc2)cc1. The van der Waals surface area contributed by atoms with Crippen LogP contribution >= 0.6 is 0 Å². The summed E-state index contributed by atoms with van der Waals surface area (Å²) in [6, 6.07) is 40.4. The first kappa shape index (κ1) is 20.1. The molecular formula is C29H28O. The zero-order valence-electron chi connectivity index (χ0n) is 17.5. The summed E-state index contributed by atoms with van der Waals surface area (Å²) >= 11 is 0. The molecule has 0 N–H and O–H groups in total. The molecule has 0 bridgehead atoms. The van der Waals surface area contributed by atoms with Crippen LogP contribution in [0.15, 0.2) is 115 Å². The van der Waals surface area contributed by atoms with E-state index >= 15 is 0 Å². The minimum absolute atomic E-state index is 0.533. The molecule has 0 aliphatic rings. The van der Waals surface area contributed by atoms with Crippen molar-refractivity contribution in [2.75, 3.05) is 0 Å². The standard InChI is InChI=1S/C29H28O/c1-2-12-24-19-21-25(22-20-24)23-30-29(26-13-6-3-7-14-26,27-15-8-4-9-16-27)28-17-10-5-11-18-28/h3-11,13-22H,2,12,23H2,1H3. The second-order valence-electron chi connectivity index (χ2n) is 7.63. The number of hydrogen-bond donors (Lipinski definition) is 0. The highest BCUT2D eigenvalue weighted by Crippen LogP contribution is 2.41. The van der Waals surface area contributed by atoms with Gasteiger partial charge in [0.1, 0.15) is 5.60 Å². The van der Waals surface area contributed by atoms with Gasteiger partial charge in [-0.25, -0.2) is 0 Å². The van der Waals surface area contributed by atoms with Gasteiger partial charge in [0, 0.05) is 0 Å². The van der Waals surface area contributed by atoms with Gasteiger partial charge in [0.2, 0.25) is 0 Å². The van der Waals surface area contributed by atoms with Gasteiger partial charge in [0.25, 0.3) is 0 Å². The molecule has 0 saturated carbocycles. The highest BCUT2D eigenvalue weighted by molar-refractivity contribution is 5.47. The van der Waals surface area contributed by atoms with Gasteiger partial charge in [0.05, 0.1) is 6.61 Å². The molecule has 1 nitrogen and oxygen atoms in total. The van der Waals surface area contributed by atoms with E-state index in [1.807, 2.05) is 0 Å². The fourth-order valence-electron chi connectivity index (χ4n) is 4.05. The number of ether oxygens (including phenoxy) is 1. The first-order valence-corrected chi connectivity index (χ1v) is 10.7. The summed E-state index contributed by atoms with van der Waals surface area (Å²) < 4.78 is 6.87. The Morgan fingerprint density at radius 2 is 0.933 bits per heavy atom. The molecule has 0 radical (unpaired) electrons. The predicted octanol–water partition coefficient (Wildman–Crippen LogP) is 7.15. The molecule has 0 amide bonds. The molecular weight excluding hydrogens is 364 g/mol. The maximum Gasteiger partial charge on any atom is 0.144 e. The van der Waals surface area contributed by atoms with Crippen LogP contribution in [0.3, 0.4) is 0 Å². The van der Waals surface area contributed by atoms with Gasteiger partial charge in [-0.05, 0) is 34.2 Å². The van der Waals surface area contributed by atoms with Crippen LogP contribution in [0.2, 0.25) is 0 Å². The lowest BCUT2D eigenvalue weighted by molar-refractivity contribution is 0.000238. The van der Waals surface area contributed by atoms with Crippen molar-refractivity contribution in [3.63, 3.8) is 0 Å². The Labute approximate surface area is 180 Å². The van der Waals surface area contributed by atoms with E-state index in [2.05, 4.69) is 122 Å². The van der Waals surface area contributed by atoms with Gasteiger partial charge in [-0.3, -0.25) is 0 Å². The molecule has 4 aromatic carbocycles. The zero-order valence-corrected chi connectivity index (χ0v) is 17.5. The fraction of sp³-hybridized carbons (Fsp3) is 0.172. The molecule has 0 atom stereocenters. The molecule has 30 heavy (non-hydrogen) atoms. The smallest absolute Gasteiger partial charge is 0.144 e. The first-order valence-electron chi connectivity index (χ1n) is 10.7. The van der Waals surface area contributed by atoms with Gasteiger partial charge in [0.15, 0.2) is 0 Å². The lowest BCUT2D eigenvalue weighted by Crippen LogP contribution is -2.32. The maximum absolute atomic E-state index is 6.87. The van der Waals surface area contributed by atoms with Gasteiger partial charge in [-0.2, -0.15) is 0 Å². The number of benzene rings is 4. The molecule has 0 aromatic heterocycles. The molecule has 1 heteroatoms. The first-order chi connectivity index (χ1) is 14.8. The van der Waals surface area contributed by atoms with Gasteiger partial charge >= 0.3 is 0 Å². The molecule has 0 unspecified atom stereocenters.